The molecule has 1 heteroatoms. The second-order valence-corrected chi connectivity index (χ2v) is 3.79. The van der Waals surface area contributed by atoms with Crippen molar-refractivity contribution in [1.29, 1.82) is 0 Å². The Labute approximate surface area is 74.8 Å². The van der Waals surface area contributed by atoms with Crippen molar-refractivity contribution in [2.45, 2.75) is 38.2 Å². The molecule has 1 saturated carbocycles. The average molecular weight is 166 g/mol. The van der Waals surface area contributed by atoms with Crippen LogP contribution >= 0.6 is 0 Å². The lowest BCUT2D eigenvalue weighted by Crippen LogP contribution is -2.40. The molecule has 0 heterocycles. The second kappa shape index (κ2) is 3.44. The van der Waals surface area contributed by atoms with Crippen molar-refractivity contribution in [2.24, 2.45) is 5.92 Å². The van der Waals surface area contributed by atoms with Gasteiger partial charge in [0.15, 0.2) is 0 Å². The van der Waals surface area contributed by atoms with E-state index in [4.69, 9.17) is 0 Å². The van der Waals surface area contributed by atoms with E-state index in [1.165, 1.54) is 6.42 Å². The van der Waals surface area contributed by atoms with E-state index in [0.717, 1.165) is 24.8 Å². The first-order valence-electron chi connectivity index (χ1n) is 4.62. The number of hydrogen-bond acceptors (Lipinski definition) is 1. The van der Waals surface area contributed by atoms with Crippen molar-refractivity contribution < 1.29 is 5.11 Å². The molecule has 0 bridgehead atoms. The quantitative estimate of drug-likeness (QED) is 0.625. The Balaban J connectivity index is 2.82. The Bertz CT molecular complexity index is 195. The Morgan fingerprint density at radius 2 is 2.25 bits per heavy atom. The van der Waals surface area contributed by atoms with Gasteiger partial charge < -0.3 is 5.11 Å². The minimum atomic E-state index is -0.667. The van der Waals surface area contributed by atoms with Crippen LogP contribution in [0.25, 0.3) is 0 Å². The fourth-order valence-corrected chi connectivity index (χ4v) is 2.03. The zero-order chi connectivity index (χ0) is 9.19. The Morgan fingerprint density at radius 3 is 2.67 bits per heavy atom. The van der Waals surface area contributed by atoms with Crippen molar-refractivity contribution in [2.75, 3.05) is 0 Å². The average Bonchev–Trinajstić information content (AvgIpc) is 2.05. The van der Waals surface area contributed by atoms with Crippen molar-refractivity contribution in [3.63, 3.8) is 0 Å². The van der Waals surface area contributed by atoms with Gasteiger partial charge in [-0.3, -0.25) is 0 Å². The van der Waals surface area contributed by atoms with Gasteiger partial charge in [-0.05, 0) is 25.3 Å². The number of aliphatic hydroxyl groups is 1. The molecule has 0 aromatic rings. The minimum Gasteiger partial charge on any atom is -0.385 e. The van der Waals surface area contributed by atoms with E-state index in [0.29, 0.717) is 0 Å². The third-order valence-electron chi connectivity index (χ3n) is 2.96. The van der Waals surface area contributed by atoms with Gasteiger partial charge in [-0.15, -0.1) is 6.58 Å². The summed E-state index contributed by atoms with van der Waals surface area (Å²) in [6, 6.07) is 0. The highest BCUT2D eigenvalue weighted by Gasteiger charge is 2.37. The van der Waals surface area contributed by atoms with Crippen LogP contribution in [0.15, 0.2) is 24.8 Å². The van der Waals surface area contributed by atoms with Crippen LogP contribution in [-0.2, 0) is 0 Å². The maximum absolute atomic E-state index is 10.2. The minimum absolute atomic E-state index is 0.212. The summed E-state index contributed by atoms with van der Waals surface area (Å²) in [6.45, 7) is 9.52. The van der Waals surface area contributed by atoms with Gasteiger partial charge >= 0.3 is 0 Å². The molecule has 2 atom stereocenters. The van der Waals surface area contributed by atoms with Crippen molar-refractivity contribution in [1.82, 2.24) is 0 Å². The highest BCUT2D eigenvalue weighted by molar-refractivity contribution is 5.16. The van der Waals surface area contributed by atoms with Gasteiger partial charge in [-0.25, -0.2) is 0 Å². The molecular formula is C11H18O. The lowest BCUT2D eigenvalue weighted by Gasteiger charge is -2.39. The first-order valence-corrected chi connectivity index (χ1v) is 4.62. The van der Waals surface area contributed by atoms with Gasteiger partial charge in [-0.2, -0.15) is 0 Å². The van der Waals surface area contributed by atoms with Crippen LogP contribution in [0.3, 0.4) is 0 Å². The van der Waals surface area contributed by atoms with Crippen molar-refractivity contribution in [3.8, 4) is 0 Å². The molecule has 0 spiro atoms. The predicted octanol–water partition coefficient (Wildman–Crippen LogP) is 2.67. The molecule has 0 radical (unpaired) electrons. The third-order valence-corrected chi connectivity index (χ3v) is 2.96. The molecule has 0 saturated heterocycles. The van der Waals surface area contributed by atoms with E-state index in [1.807, 2.05) is 13.0 Å². The fourth-order valence-electron chi connectivity index (χ4n) is 2.03. The van der Waals surface area contributed by atoms with Gasteiger partial charge in [0.2, 0.25) is 0 Å². The van der Waals surface area contributed by atoms with Crippen LogP contribution in [0.2, 0.25) is 0 Å². The van der Waals surface area contributed by atoms with Crippen LogP contribution in [-0.4, -0.2) is 10.7 Å². The van der Waals surface area contributed by atoms with Gasteiger partial charge in [0, 0.05) is 5.92 Å². The zero-order valence-electron chi connectivity index (χ0n) is 7.84. The van der Waals surface area contributed by atoms with Crippen molar-refractivity contribution >= 4 is 0 Å². The summed E-state index contributed by atoms with van der Waals surface area (Å²) < 4.78 is 0. The van der Waals surface area contributed by atoms with Gasteiger partial charge in [0.05, 0.1) is 5.60 Å². The maximum Gasteiger partial charge on any atom is 0.0913 e. The normalized spacial score (nSPS) is 36.0. The Kier molecular flexibility index (Phi) is 2.73. The number of hydrogen-bond donors (Lipinski definition) is 1. The molecule has 1 rings (SSSR count). The molecule has 1 N–H and O–H groups in total. The first-order chi connectivity index (χ1) is 5.61. The van der Waals surface area contributed by atoms with Crippen LogP contribution in [0.4, 0.5) is 0 Å². The van der Waals surface area contributed by atoms with Crippen LogP contribution in [0.5, 0.6) is 0 Å². The molecule has 0 aromatic heterocycles. The molecular weight excluding hydrogens is 148 g/mol. The standard InChI is InChI=1S/C11H18O/c1-4-10-7-5-6-8-11(10,12)9(2)3/h4,10,12H,1-2,5-8H2,3H3/t10-,11+/m0/s1. The van der Waals surface area contributed by atoms with Gasteiger partial charge in [-0.1, -0.05) is 25.5 Å². The largest absolute Gasteiger partial charge is 0.385 e. The Morgan fingerprint density at radius 1 is 1.58 bits per heavy atom. The zero-order valence-corrected chi connectivity index (χ0v) is 7.84. The smallest absolute Gasteiger partial charge is 0.0913 e. The summed E-state index contributed by atoms with van der Waals surface area (Å²) >= 11 is 0. The molecule has 1 aliphatic rings. The number of rotatable bonds is 2. The molecule has 0 unspecified atom stereocenters. The van der Waals surface area contributed by atoms with E-state index in [-0.39, 0.29) is 5.92 Å². The lowest BCUT2D eigenvalue weighted by molar-refractivity contribution is 0.00515. The van der Waals surface area contributed by atoms with E-state index < -0.39 is 5.60 Å². The van der Waals surface area contributed by atoms with Crippen LogP contribution < -0.4 is 0 Å². The molecule has 1 aliphatic carbocycles. The van der Waals surface area contributed by atoms with Crippen LogP contribution in [0.1, 0.15) is 32.6 Å². The summed E-state index contributed by atoms with van der Waals surface area (Å²) in [7, 11) is 0. The fraction of sp³-hybridized carbons (Fsp3) is 0.636. The molecule has 0 aliphatic heterocycles. The topological polar surface area (TPSA) is 20.2 Å². The summed E-state index contributed by atoms with van der Waals surface area (Å²) in [5, 5.41) is 10.2. The van der Waals surface area contributed by atoms with Gasteiger partial charge in [0.1, 0.15) is 0 Å². The second-order valence-electron chi connectivity index (χ2n) is 3.79. The first kappa shape index (κ1) is 9.53. The molecule has 1 nitrogen and oxygen atoms in total. The SMILES string of the molecule is C=C[C@H]1CCCC[C@@]1(O)C(=C)C. The summed E-state index contributed by atoms with van der Waals surface area (Å²) in [5.74, 6) is 0.212. The van der Waals surface area contributed by atoms with Crippen LogP contribution in [0, 0.1) is 5.92 Å². The van der Waals surface area contributed by atoms with Gasteiger partial charge in [0.25, 0.3) is 0 Å². The molecule has 68 valence electrons. The van der Waals surface area contributed by atoms with E-state index in [1.54, 1.807) is 0 Å². The predicted molar refractivity (Wildman–Crippen MR) is 51.9 cm³/mol. The lowest BCUT2D eigenvalue weighted by atomic mass is 9.72. The van der Waals surface area contributed by atoms with E-state index in [2.05, 4.69) is 13.2 Å². The van der Waals surface area contributed by atoms with Crippen molar-refractivity contribution in [3.05, 3.63) is 24.8 Å². The summed E-state index contributed by atoms with van der Waals surface area (Å²) in [5.41, 5.74) is 0.215. The molecule has 1 fully saturated rings. The highest BCUT2D eigenvalue weighted by Crippen LogP contribution is 2.38. The molecule has 0 aromatic carbocycles. The monoisotopic (exact) mass is 166 g/mol. The maximum atomic E-state index is 10.2. The third kappa shape index (κ3) is 1.46. The van der Waals surface area contributed by atoms with E-state index >= 15 is 0 Å². The Hall–Kier alpha value is -0.560. The molecule has 0 amide bonds. The molecule has 12 heavy (non-hydrogen) atoms. The summed E-state index contributed by atoms with van der Waals surface area (Å²) in [4.78, 5) is 0. The van der Waals surface area contributed by atoms with E-state index in [9.17, 15) is 5.11 Å². The summed E-state index contributed by atoms with van der Waals surface area (Å²) in [6.07, 6.45) is 6.07. The highest BCUT2D eigenvalue weighted by atomic mass is 16.3.